The van der Waals surface area contributed by atoms with Crippen LogP contribution in [0.15, 0.2) is 36.4 Å². The fourth-order valence-corrected chi connectivity index (χ4v) is 3.75. The van der Waals surface area contributed by atoms with E-state index in [1.165, 1.54) is 11.3 Å². The average molecular weight is 377 g/mol. The molecule has 0 aliphatic heterocycles. The van der Waals surface area contributed by atoms with E-state index >= 15 is 0 Å². The van der Waals surface area contributed by atoms with Crippen molar-refractivity contribution < 1.29 is 4.79 Å². The summed E-state index contributed by atoms with van der Waals surface area (Å²) in [6.45, 7) is 6.05. The summed E-state index contributed by atoms with van der Waals surface area (Å²) in [6, 6.07) is 11.1. The minimum Gasteiger partial charge on any atom is -0.340 e. The second kappa shape index (κ2) is 7.45. The van der Waals surface area contributed by atoms with Crippen LogP contribution in [0.4, 0.5) is 4.79 Å². The number of nitrogens with one attached hydrogen (secondary N) is 3. The lowest BCUT2D eigenvalue weighted by Crippen LogP contribution is -2.41. The Hall–Kier alpha value is -2.05. The average Bonchev–Trinajstić information content (AvgIpc) is 3.18. The smallest absolute Gasteiger partial charge is 0.315 e. The molecule has 0 radical (unpaired) electrons. The van der Waals surface area contributed by atoms with Gasteiger partial charge in [0, 0.05) is 4.88 Å². The maximum absolute atomic E-state index is 12.4. The molecule has 0 saturated carbocycles. The first-order chi connectivity index (χ1) is 11.9. The molecule has 3 aromatic rings. The van der Waals surface area contributed by atoms with E-state index in [1.807, 2.05) is 43.3 Å². The zero-order chi connectivity index (χ0) is 18.0. The number of nitrogens with zero attached hydrogens (tertiary/aromatic N) is 1. The van der Waals surface area contributed by atoms with Gasteiger partial charge in [0.2, 0.25) is 0 Å². The standard InChI is InChI=1S/C18H21ClN4OS/c1-10(2)16(17-21-12-6-4-5-7-13(12)22-17)23-18(24)20-11(3)14-8-9-15(19)25-14/h4-11,16H,1-3H3,(H,21,22)(H2,20,23,24). The van der Waals surface area contributed by atoms with Crippen molar-refractivity contribution in [2.45, 2.75) is 32.9 Å². The number of carbonyl (C=O) groups excluding carboxylic acids is 1. The number of carbonyl (C=O) groups is 1. The maximum atomic E-state index is 12.4. The number of urea groups is 1. The number of imidazole rings is 1. The molecule has 2 atom stereocenters. The molecule has 0 spiro atoms. The first kappa shape index (κ1) is 17.8. The predicted octanol–water partition coefficient (Wildman–Crippen LogP) is 5.04. The van der Waals surface area contributed by atoms with Crippen LogP contribution in [0.5, 0.6) is 0 Å². The highest BCUT2D eigenvalue weighted by molar-refractivity contribution is 7.16. The number of thiophene rings is 1. The van der Waals surface area contributed by atoms with Crippen LogP contribution in [0.2, 0.25) is 4.34 Å². The van der Waals surface area contributed by atoms with E-state index in [9.17, 15) is 4.79 Å². The lowest BCUT2D eigenvalue weighted by atomic mass is 10.0. The molecule has 2 aromatic heterocycles. The molecule has 2 unspecified atom stereocenters. The Balaban J connectivity index is 1.72. The SMILES string of the molecule is CC(NC(=O)NC(c1nc2ccccc2[nH]1)C(C)C)c1ccc(Cl)s1. The lowest BCUT2D eigenvalue weighted by Gasteiger charge is -2.22. The first-order valence-electron chi connectivity index (χ1n) is 8.21. The normalized spacial score (nSPS) is 13.8. The molecular weight excluding hydrogens is 356 g/mol. The quantitative estimate of drug-likeness (QED) is 0.584. The Labute approximate surface area is 155 Å². The number of aromatic nitrogens is 2. The lowest BCUT2D eigenvalue weighted by molar-refractivity contribution is 0.229. The van der Waals surface area contributed by atoms with Gasteiger partial charge in [-0.2, -0.15) is 0 Å². The van der Waals surface area contributed by atoms with Crippen LogP contribution in [0.1, 0.15) is 43.6 Å². The van der Waals surface area contributed by atoms with Crippen LogP contribution >= 0.6 is 22.9 Å². The van der Waals surface area contributed by atoms with Gasteiger partial charge in [0.1, 0.15) is 5.82 Å². The van der Waals surface area contributed by atoms with Gasteiger partial charge >= 0.3 is 6.03 Å². The third-order valence-electron chi connectivity index (χ3n) is 4.02. The molecule has 25 heavy (non-hydrogen) atoms. The summed E-state index contributed by atoms with van der Waals surface area (Å²) >= 11 is 7.43. The Kier molecular flexibility index (Phi) is 5.30. The van der Waals surface area contributed by atoms with Gasteiger partial charge in [0.05, 0.1) is 27.5 Å². The van der Waals surface area contributed by atoms with Crippen LogP contribution in [0.25, 0.3) is 11.0 Å². The number of rotatable bonds is 5. The van der Waals surface area contributed by atoms with Gasteiger partial charge in [-0.25, -0.2) is 9.78 Å². The number of amides is 2. The van der Waals surface area contributed by atoms with Gasteiger partial charge in [0.15, 0.2) is 0 Å². The molecule has 0 aliphatic carbocycles. The fraction of sp³-hybridized carbons (Fsp3) is 0.333. The number of aromatic amines is 1. The molecular formula is C18H21ClN4OS. The predicted molar refractivity (Wildman–Crippen MR) is 103 cm³/mol. The molecule has 2 amide bonds. The van der Waals surface area contributed by atoms with Crippen molar-refractivity contribution in [3.8, 4) is 0 Å². The second-order valence-corrected chi connectivity index (χ2v) is 8.09. The molecule has 1 aromatic carbocycles. The van der Waals surface area contributed by atoms with Crippen LogP contribution in [0, 0.1) is 5.92 Å². The van der Waals surface area contributed by atoms with E-state index in [2.05, 4.69) is 34.4 Å². The van der Waals surface area contributed by atoms with Gasteiger partial charge in [-0.15, -0.1) is 11.3 Å². The summed E-state index contributed by atoms with van der Waals surface area (Å²) in [5.41, 5.74) is 1.86. The third-order valence-corrected chi connectivity index (χ3v) is 5.44. The van der Waals surface area contributed by atoms with Crippen molar-refractivity contribution in [3.05, 3.63) is 51.4 Å². The molecule has 0 fully saturated rings. The van der Waals surface area contributed by atoms with Gasteiger partial charge in [-0.1, -0.05) is 37.6 Å². The van der Waals surface area contributed by atoms with E-state index in [0.717, 1.165) is 21.7 Å². The summed E-state index contributed by atoms with van der Waals surface area (Å²) in [5, 5.41) is 5.99. The van der Waals surface area contributed by atoms with Crippen LogP contribution < -0.4 is 10.6 Å². The van der Waals surface area contributed by atoms with E-state index in [0.29, 0.717) is 4.34 Å². The molecule has 0 bridgehead atoms. The Morgan fingerprint density at radius 3 is 2.56 bits per heavy atom. The van der Waals surface area contributed by atoms with E-state index in [-0.39, 0.29) is 24.0 Å². The van der Waals surface area contributed by atoms with Gasteiger partial charge in [-0.05, 0) is 37.1 Å². The molecule has 5 nitrogen and oxygen atoms in total. The Bertz CT molecular complexity index is 840. The minimum absolute atomic E-state index is 0.110. The van der Waals surface area contributed by atoms with Crippen LogP contribution in [0.3, 0.4) is 0 Å². The Morgan fingerprint density at radius 2 is 1.92 bits per heavy atom. The van der Waals surface area contributed by atoms with E-state index in [1.54, 1.807) is 0 Å². The maximum Gasteiger partial charge on any atom is 0.315 e. The van der Waals surface area contributed by atoms with Crippen molar-refractivity contribution in [2.75, 3.05) is 0 Å². The molecule has 3 N–H and O–H groups in total. The Morgan fingerprint density at radius 1 is 1.16 bits per heavy atom. The van der Waals surface area contributed by atoms with Crippen molar-refractivity contribution in [2.24, 2.45) is 5.92 Å². The molecule has 3 rings (SSSR count). The number of benzene rings is 1. The number of hydrogen-bond acceptors (Lipinski definition) is 3. The van der Waals surface area contributed by atoms with Crippen LogP contribution in [-0.2, 0) is 0 Å². The first-order valence-corrected chi connectivity index (χ1v) is 9.40. The summed E-state index contributed by atoms with van der Waals surface area (Å²) in [5.74, 6) is 0.955. The van der Waals surface area contributed by atoms with Crippen molar-refractivity contribution in [3.63, 3.8) is 0 Å². The summed E-state index contributed by atoms with van der Waals surface area (Å²) in [4.78, 5) is 21.4. The van der Waals surface area contributed by atoms with Crippen molar-refractivity contribution >= 4 is 40.0 Å². The largest absolute Gasteiger partial charge is 0.340 e. The number of para-hydroxylation sites is 2. The molecule has 2 heterocycles. The van der Waals surface area contributed by atoms with Gasteiger partial charge in [-0.3, -0.25) is 0 Å². The van der Waals surface area contributed by atoms with E-state index < -0.39 is 0 Å². The van der Waals surface area contributed by atoms with Crippen molar-refractivity contribution in [1.29, 1.82) is 0 Å². The third kappa shape index (κ3) is 4.14. The summed E-state index contributed by atoms with van der Waals surface area (Å²) < 4.78 is 0.714. The molecule has 0 saturated heterocycles. The number of hydrogen-bond donors (Lipinski definition) is 3. The van der Waals surface area contributed by atoms with Crippen LogP contribution in [-0.4, -0.2) is 16.0 Å². The fourth-order valence-electron chi connectivity index (χ4n) is 2.68. The summed E-state index contributed by atoms with van der Waals surface area (Å²) in [6.07, 6.45) is 0. The van der Waals surface area contributed by atoms with E-state index in [4.69, 9.17) is 11.6 Å². The second-order valence-electron chi connectivity index (χ2n) is 6.34. The zero-order valence-electron chi connectivity index (χ0n) is 14.3. The van der Waals surface area contributed by atoms with Gasteiger partial charge < -0.3 is 15.6 Å². The highest BCUT2D eigenvalue weighted by Gasteiger charge is 2.22. The highest BCUT2D eigenvalue weighted by Crippen LogP contribution is 2.27. The highest BCUT2D eigenvalue weighted by atomic mass is 35.5. The number of halogens is 1. The summed E-state index contributed by atoms with van der Waals surface area (Å²) in [7, 11) is 0. The number of fused-ring (bicyclic) bond motifs is 1. The minimum atomic E-state index is -0.226. The topological polar surface area (TPSA) is 69.8 Å². The molecule has 0 aliphatic rings. The zero-order valence-corrected chi connectivity index (χ0v) is 15.9. The molecule has 132 valence electrons. The van der Waals surface area contributed by atoms with Crippen molar-refractivity contribution in [1.82, 2.24) is 20.6 Å². The molecule has 7 heteroatoms. The monoisotopic (exact) mass is 376 g/mol. The van der Waals surface area contributed by atoms with Gasteiger partial charge in [0.25, 0.3) is 0 Å². The number of H-pyrrole nitrogens is 1.